The van der Waals surface area contributed by atoms with Gasteiger partial charge in [0.2, 0.25) is 0 Å². The third-order valence-corrected chi connectivity index (χ3v) is 2.54. The fourth-order valence-electron chi connectivity index (χ4n) is 1.48. The second kappa shape index (κ2) is 2.51. The Morgan fingerprint density at radius 2 is 2.10 bits per heavy atom. The summed E-state index contributed by atoms with van der Waals surface area (Å²) in [4.78, 5) is 2.18. The lowest BCUT2D eigenvalue weighted by molar-refractivity contribution is 0.00691. The molecule has 0 aliphatic carbocycles. The number of rotatable bonds is 1. The van der Waals surface area contributed by atoms with Crippen LogP contribution in [0.4, 0.5) is 0 Å². The molecule has 1 unspecified atom stereocenters. The largest absolute Gasteiger partial charge is 0.388 e. The van der Waals surface area contributed by atoms with Gasteiger partial charge in [0, 0.05) is 13.1 Å². The van der Waals surface area contributed by atoms with Crippen molar-refractivity contribution in [3.05, 3.63) is 0 Å². The van der Waals surface area contributed by atoms with E-state index < -0.39 is 5.60 Å². The molecule has 0 radical (unpaired) electrons. The van der Waals surface area contributed by atoms with E-state index in [2.05, 4.69) is 25.8 Å². The van der Waals surface area contributed by atoms with Gasteiger partial charge in [-0.3, -0.25) is 0 Å². The molecule has 1 heterocycles. The summed E-state index contributed by atoms with van der Waals surface area (Å²) in [5.41, 5.74) is -0.408. The fourth-order valence-corrected chi connectivity index (χ4v) is 1.48. The van der Waals surface area contributed by atoms with E-state index in [1.165, 1.54) is 0 Å². The molecule has 1 saturated heterocycles. The van der Waals surface area contributed by atoms with E-state index in [1.54, 1.807) is 0 Å². The molecule has 2 nitrogen and oxygen atoms in total. The molecular formula is C8H17NO. The predicted octanol–water partition coefficient (Wildman–Crippen LogP) is 0.709. The van der Waals surface area contributed by atoms with Crippen LogP contribution >= 0.6 is 0 Å². The van der Waals surface area contributed by atoms with Crippen LogP contribution in [0.5, 0.6) is 0 Å². The van der Waals surface area contributed by atoms with Crippen molar-refractivity contribution in [2.24, 2.45) is 5.92 Å². The summed E-state index contributed by atoms with van der Waals surface area (Å²) in [6.07, 6.45) is 0.932. The Morgan fingerprint density at radius 3 is 2.30 bits per heavy atom. The van der Waals surface area contributed by atoms with Crippen molar-refractivity contribution in [3.8, 4) is 0 Å². The second-order valence-electron chi connectivity index (χ2n) is 3.75. The highest BCUT2D eigenvalue weighted by Crippen LogP contribution is 2.27. The summed E-state index contributed by atoms with van der Waals surface area (Å²) in [5.74, 6) is 0.387. The highest BCUT2D eigenvalue weighted by atomic mass is 16.3. The SMILES string of the molecule is CC(C)C1(O)CCN(C)C1. The number of likely N-dealkylation sites (N-methyl/N-ethyl adjacent to an activating group) is 1. The molecule has 0 saturated carbocycles. The minimum Gasteiger partial charge on any atom is -0.388 e. The summed E-state index contributed by atoms with van der Waals surface area (Å²) in [7, 11) is 2.06. The first kappa shape index (κ1) is 8.02. The highest BCUT2D eigenvalue weighted by Gasteiger charge is 2.36. The molecule has 0 spiro atoms. The Kier molecular flexibility index (Phi) is 2.02. The molecule has 0 aromatic rings. The van der Waals surface area contributed by atoms with Gasteiger partial charge in [0.25, 0.3) is 0 Å². The minimum absolute atomic E-state index is 0.387. The second-order valence-corrected chi connectivity index (χ2v) is 3.75. The van der Waals surface area contributed by atoms with Crippen LogP contribution in [0.3, 0.4) is 0 Å². The maximum atomic E-state index is 9.90. The van der Waals surface area contributed by atoms with Crippen molar-refractivity contribution in [2.75, 3.05) is 20.1 Å². The molecule has 2 heteroatoms. The Morgan fingerprint density at radius 1 is 1.50 bits per heavy atom. The van der Waals surface area contributed by atoms with Crippen LogP contribution in [0.1, 0.15) is 20.3 Å². The molecular weight excluding hydrogens is 126 g/mol. The highest BCUT2D eigenvalue weighted by molar-refractivity contribution is 4.90. The quantitative estimate of drug-likeness (QED) is 0.584. The predicted molar refractivity (Wildman–Crippen MR) is 41.9 cm³/mol. The number of nitrogens with zero attached hydrogens (tertiary/aromatic N) is 1. The van der Waals surface area contributed by atoms with Gasteiger partial charge >= 0.3 is 0 Å². The van der Waals surface area contributed by atoms with Gasteiger partial charge in [-0.2, -0.15) is 0 Å². The van der Waals surface area contributed by atoms with Crippen molar-refractivity contribution in [3.63, 3.8) is 0 Å². The minimum atomic E-state index is -0.408. The van der Waals surface area contributed by atoms with Crippen molar-refractivity contribution in [1.29, 1.82) is 0 Å². The van der Waals surface area contributed by atoms with Crippen LogP contribution in [-0.4, -0.2) is 35.7 Å². The summed E-state index contributed by atoms with van der Waals surface area (Å²) < 4.78 is 0. The van der Waals surface area contributed by atoms with Gasteiger partial charge in [-0.25, -0.2) is 0 Å². The van der Waals surface area contributed by atoms with Gasteiger partial charge < -0.3 is 10.0 Å². The van der Waals surface area contributed by atoms with Crippen LogP contribution in [0.15, 0.2) is 0 Å². The summed E-state index contributed by atoms with van der Waals surface area (Å²) in [5, 5.41) is 9.90. The Balaban J connectivity index is 2.54. The van der Waals surface area contributed by atoms with E-state index in [0.29, 0.717) is 5.92 Å². The molecule has 0 bridgehead atoms. The molecule has 1 rings (SSSR count). The molecule has 0 amide bonds. The van der Waals surface area contributed by atoms with Crippen LogP contribution in [0.2, 0.25) is 0 Å². The monoisotopic (exact) mass is 143 g/mol. The van der Waals surface area contributed by atoms with Crippen LogP contribution in [0.25, 0.3) is 0 Å². The smallest absolute Gasteiger partial charge is 0.0808 e. The van der Waals surface area contributed by atoms with E-state index in [9.17, 15) is 5.11 Å². The van der Waals surface area contributed by atoms with E-state index in [4.69, 9.17) is 0 Å². The van der Waals surface area contributed by atoms with E-state index in [0.717, 1.165) is 19.5 Å². The first-order valence-electron chi connectivity index (χ1n) is 3.95. The number of hydrogen-bond donors (Lipinski definition) is 1. The lowest BCUT2D eigenvalue weighted by atomic mass is 9.90. The Bertz CT molecular complexity index is 124. The van der Waals surface area contributed by atoms with Crippen molar-refractivity contribution in [1.82, 2.24) is 4.90 Å². The summed E-state index contributed by atoms with van der Waals surface area (Å²) in [6.45, 7) is 6.04. The molecule has 1 fully saturated rings. The third kappa shape index (κ3) is 1.32. The van der Waals surface area contributed by atoms with Gasteiger partial charge in [-0.1, -0.05) is 13.8 Å². The average Bonchev–Trinajstić information content (AvgIpc) is 2.13. The molecule has 0 aromatic heterocycles. The van der Waals surface area contributed by atoms with Gasteiger partial charge in [0.05, 0.1) is 5.60 Å². The molecule has 1 atom stereocenters. The average molecular weight is 143 g/mol. The number of hydrogen-bond acceptors (Lipinski definition) is 2. The van der Waals surface area contributed by atoms with Crippen LogP contribution in [-0.2, 0) is 0 Å². The molecule has 1 aliphatic rings. The standard InChI is InChI=1S/C8H17NO/c1-7(2)8(10)4-5-9(3)6-8/h7,10H,4-6H2,1-3H3. The van der Waals surface area contributed by atoms with Gasteiger partial charge in [0.15, 0.2) is 0 Å². The summed E-state index contributed by atoms with van der Waals surface area (Å²) in [6, 6.07) is 0. The zero-order valence-corrected chi connectivity index (χ0v) is 7.09. The van der Waals surface area contributed by atoms with Crippen LogP contribution < -0.4 is 0 Å². The topological polar surface area (TPSA) is 23.5 Å². The van der Waals surface area contributed by atoms with E-state index in [1.807, 2.05) is 0 Å². The Labute approximate surface area is 62.8 Å². The molecule has 10 heavy (non-hydrogen) atoms. The molecule has 1 N–H and O–H groups in total. The normalized spacial score (nSPS) is 35.7. The van der Waals surface area contributed by atoms with Gasteiger partial charge in [-0.05, 0) is 19.4 Å². The first-order valence-corrected chi connectivity index (χ1v) is 3.95. The van der Waals surface area contributed by atoms with Gasteiger partial charge in [-0.15, -0.1) is 0 Å². The molecule has 0 aromatic carbocycles. The number of likely N-dealkylation sites (tertiary alicyclic amines) is 1. The van der Waals surface area contributed by atoms with Crippen molar-refractivity contribution >= 4 is 0 Å². The van der Waals surface area contributed by atoms with Gasteiger partial charge in [0.1, 0.15) is 0 Å². The van der Waals surface area contributed by atoms with Crippen molar-refractivity contribution < 1.29 is 5.11 Å². The third-order valence-electron chi connectivity index (χ3n) is 2.54. The maximum Gasteiger partial charge on any atom is 0.0808 e. The zero-order chi connectivity index (χ0) is 7.78. The first-order chi connectivity index (χ1) is 4.54. The zero-order valence-electron chi connectivity index (χ0n) is 7.09. The lowest BCUT2D eigenvalue weighted by Gasteiger charge is -2.26. The Hall–Kier alpha value is -0.0800. The molecule has 1 aliphatic heterocycles. The number of aliphatic hydroxyl groups is 1. The fraction of sp³-hybridized carbons (Fsp3) is 1.00. The maximum absolute atomic E-state index is 9.90. The van der Waals surface area contributed by atoms with E-state index >= 15 is 0 Å². The molecule has 60 valence electrons. The summed E-state index contributed by atoms with van der Waals surface area (Å²) >= 11 is 0. The van der Waals surface area contributed by atoms with Crippen molar-refractivity contribution in [2.45, 2.75) is 25.9 Å². The van der Waals surface area contributed by atoms with E-state index in [-0.39, 0.29) is 0 Å². The lowest BCUT2D eigenvalue weighted by Crippen LogP contribution is -2.37. The van der Waals surface area contributed by atoms with Crippen LogP contribution in [0, 0.1) is 5.92 Å². The number of β-amino-alcohol motifs (C(OH)–C–C–N with tert-alkyl or cyclic N) is 1.